The lowest BCUT2D eigenvalue weighted by molar-refractivity contribution is -0.0268. The number of hydrogen-bond donors (Lipinski definition) is 1. The van der Waals surface area contributed by atoms with Crippen LogP contribution in [0.25, 0.3) is 0 Å². The van der Waals surface area contributed by atoms with Crippen LogP contribution in [0.3, 0.4) is 0 Å². The van der Waals surface area contributed by atoms with Gasteiger partial charge in [-0.2, -0.15) is 0 Å². The van der Waals surface area contributed by atoms with E-state index in [-0.39, 0.29) is 0 Å². The third-order valence-electron chi connectivity index (χ3n) is 5.64. The van der Waals surface area contributed by atoms with E-state index in [1.165, 1.54) is 18.5 Å². The van der Waals surface area contributed by atoms with Crippen LogP contribution in [0.5, 0.6) is 0 Å². The SMILES string of the molecule is OC1(c2ccccc2)CCN(CC2CC2c2ccccc2)CC1. The van der Waals surface area contributed by atoms with Gasteiger partial charge in [-0.3, -0.25) is 0 Å². The van der Waals surface area contributed by atoms with Crippen molar-refractivity contribution >= 4 is 0 Å². The zero-order valence-electron chi connectivity index (χ0n) is 13.6. The highest BCUT2D eigenvalue weighted by atomic mass is 16.3. The van der Waals surface area contributed by atoms with Gasteiger partial charge >= 0.3 is 0 Å². The Hall–Kier alpha value is -1.64. The summed E-state index contributed by atoms with van der Waals surface area (Å²) in [5, 5.41) is 10.9. The molecule has 2 fully saturated rings. The van der Waals surface area contributed by atoms with Crippen LogP contribution in [-0.2, 0) is 5.60 Å². The smallest absolute Gasteiger partial charge is 0.0920 e. The normalized spacial score (nSPS) is 26.8. The fraction of sp³-hybridized carbons (Fsp3) is 0.429. The average Bonchev–Trinajstić information content (AvgIpc) is 3.38. The molecule has 120 valence electrons. The first-order valence-electron chi connectivity index (χ1n) is 8.80. The molecule has 1 saturated heterocycles. The molecule has 1 N–H and O–H groups in total. The number of hydrogen-bond acceptors (Lipinski definition) is 2. The molecule has 23 heavy (non-hydrogen) atoms. The molecule has 0 aromatic heterocycles. The molecule has 1 aliphatic carbocycles. The number of benzene rings is 2. The van der Waals surface area contributed by atoms with Crippen molar-refractivity contribution in [2.24, 2.45) is 5.92 Å². The van der Waals surface area contributed by atoms with Crippen LogP contribution in [0.4, 0.5) is 0 Å². The highest BCUT2D eigenvalue weighted by Crippen LogP contribution is 2.48. The van der Waals surface area contributed by atoms with E-state index in [0.717, 1.165) is 43.3 Å². The van der Waals surface area contributed by atoms with Gasteiger partial charge in [0, 0.05) is 19.6 Å². The Morgan fingerprint density at radius 1 is 0.913 bits per heavy atom. The second kappa shape index (κ2) is 6.10. The number of nitrogens with zero attached hydrogens (tertiary/aromatic N) is 1. The van der Waals surface area contributed by atoms with Crippen molar-refractivity contribution in [3.63, 3.8) is 0 Å². The first kappa shape index (κ1) is 14.9. The molecular weight excluding hydrogens is 282 g/mol. The molecule has 2 nitrogen and oxygen atoms in total. The van der Waals surface area contributed by atoms with E-state index in [2.05, 4.69) is 47.4 Å². The van der Waals surface area contributed by atoms with Crippen molar-refractivity contribution in [1.29, 1.82) is 0 Å². The van der Waals surface area contributed by atoms with Crippen LogP contribution < -0.4 is 0 Å². The van der Waals surface area contributed by atoms with Gasteiger partial charge < -0.3 is 10.0 Å². The molecule has 0 amide bonds. The van der Waals surface area contributed by atoms with Crippen LogP contribution in [0, 0.1) is 5.92 Å². The van der Waals surface area contributed by atoms with E-state index in [0.29, 0.717) is 0 Å². The second-order valence-electron chi connectivity index (χ2n) is 7.21. The van der Waals surface area contributed by atoms with E-state index in [1.807, 2.05) is 18.2 Å². The first-order valence-corrected chi connectivity index (χ1v) is 8.80. The van der Waals surface area contributed by atoms with Gasteiger partial charge in [0.1, 0.15) is 0 Å². The van der Waals surface area contributed by atoms with Gasteiger partial charge in [-0.25, -0.2) is 0 Å². The highest BCUT2D eigenvalue weighted by molar-refractivity contribution is 5.26. The first-order chi connectivity index (χ1) is 11.2. The zero-order chi connectivity index (χ0) is 15.7. The third kappa shape index (κ3) is 3.19. The minimum absolute atomic E-state index is 0.625. The van der Waals surface area contributed by atoms with E-state index >= 15 is 0 Å². The van der Waals surface area contributed by atoms with Gasteiger partial charge in [0.05, 0.1) is 5.60 Å². The lowest BCUT2D eigenvalue weighted by Crippen LogP contribution is -2.43. The molecule has 1 aliphatic heterocycles. The third-order valence-corrected chi connectivity index (χ3v) is 5.64. The Bertz CT molecular complexity index is 631. The van der Waals surface area contributed by atoms with E-state index in [9.17, 15) is 5.11 Å². The maximum Gasteiger partial charge on any atom is 0.0920 e. The molecule has 4 rings (SSSR count). The molecule has 0 radical (unpaired) electrons. The largest absolute Gasteiger partial charge is 0.385 e. The van der Waals surface area contributed by atoms with Crippen molar-refractivity contribution in [2.45, 2.75) is 30.8 Å². The van der Waals surface area contributed by atoms with Crippen molar-refractivity contribution in [3.05, 3.63) is 71.8 Å². The summed E-state index contributed by atoms with van der Waals surface area (Å²) in [6.45, 7) is 3.19. The summed E-state index contributed by atoms with van der Waals surface area (Å²) in [6, 6.07) is 21.1. The van der Waals surface area contributed by atoms with Crippen LogP contribution >= 0.6 is 0 Å². The van der Waals surface area contributed by atoms with Crippen molar-refractivity contribution in [2.75, 3.05) is 19.6 Å². The van der Waals surface area contributed by atoms with Gasteiger partial charge in [-0.1, -0.05) is 60.7 Å². The lowest BCUT2D eigenvalue weighted by atomic mass is 9.84. The van der Waals surface area contributed by atoms with Crippen LogP contribution in [0.2, 0.25) is 0 Å². The molecule has 0 spiro atoms. The molecule has 2 aliphatic rings. The molecule has 1 heterocycles. The Morgan fingerprint density at radius 3 is 2.17 bits per heavy atom. The standard InChI is InChI=1S/C21H25NO/c23-21(19-9-5-2-6-10-19)11-13-22(14-12-21)16-18-15-20(18)17-7-3-1-4-8-17/h1-10,18,20,23H,11-16H2. The van der Waals surface area contributed by atoms with Gasteiger partial charge in [-0.05, 0) is 42.2 Å². The molecule has 2 atom stereocenters. The average molecular weight is 307 g/mol. The summed E-state index contributed by atoms with van der Waals surface area (Å²) in [5.74, 6) is 1.56. The lowest BCUT2D eigenvalue weighted by Gasteiger charge is -2.38. The monoisotopic (exact) mass is 307 g/mol. The van der Waals surface area contributed by atoms with Gasteiger partial charge in [-0.15, -0.1) is 0 Å². The minimum atomic E-state index is -0.625. The number of aliphatic hydroxyl groups is 1. The fourth-order valence-corrected chi connectivity index (χ4v) is 4.03. The molecule has 2 unspecified atom stereocenters. The van der Waals surface area contributed by atoms with Crippen molar-refractivity contribution < 1.29 is 5.11 Å². The Labute approximate surface area is 138 Å². The minimum Gasteiger partial charge on any atom is -0.385 e. The number of likely N-dealkylation sites (tertiary alicyclic amines) is 1. The summed E-state index contributed by atoms with van der Waals surface area (Å²) >= 11 is 0. The van der Waals surface area contributed by atoms with Gasteiger partial charge in [0.15, 0.2) is 0 Å². The number of piperidine rings is 1. The Balaban J connectivity index is 1.31. The van der Waals surface area contributed by atoms with E-state index in [4.69, 9.17) is 0 Å². The summed E-state index contributed by atoms with van der Waals surface area (Å²) in [6.07, 6.45) is 3.02. The molecule has 2 aromatic rings. The predicted octanol–water partition coefficient (Wildman–Crippen LogP) is 3.77. The van der Waals surface area contributed by atoms with Gasteiger partial charge in [0.25, 0.3) is 0 Å². The fourth-order valence-electron chi connectivity index (χ4n) is 4.03. The topological polar surface area (TPSA) is 23.5 Å². The molecule has 2 aromatic carbocycles. The zero-order valence-corrected chi connectivity index (χ0v) is 13.6. The molecular formula is C21H25NO. The highest BCUT2D eigenvalue weighted by Gasteiger charge is 2.41. The van der Waals surface area contributed by atoms with Crippen LogP contribution in [0.1, 0.15) is 36.3 Å². The molecule has 0 bridgehead atoms. The maximum absolute atomic E-state index is 10.9. The van der Waals surface area contributed by atoms with Crippen molar-refractivity contribution in [3.8, 4) is 0 Å². The van der Waals surface area contributed by atoms with Crippen LogP contribution in [0.15, 0.2) is 60.7 Å². The van der Waals surface area contributed by atoms with Gasteiger partial charge in [0.2, 0.25) is 0 Å². The van der Waals surface area contributed by atoms with E-state index in [1.54, 1.807) is 0 Å². The Morgan fingerprint density at radius 2 is 1.52 bits per heavy atom. The van der Waals surface area contributed by atoms with Crippen molar-refractivity contribution in [1.82, 2.24) is 4.90 Å². The quantitative estimate of drug-likeness (QED) is 0.929. The predicted molar refractivity (Wildman–Crippen MR) is 93.3 cm³/mol. The second-order valence-corrected chi connectivity index (χ2v) is 7.21. The molecule has 2 heteroatoms. The van der Waals surface area contributed by atoms with E-state index < -0.39 is 5.60 Å². The maximum atomic E-state index is 10.9. The van der Waals surface area contributed by atoms with Crippen LogP contribution in [-0.4, -0.2) is 29.6 Å². The summed E-state index contributed by atoms with van der Waals surface area (Å²) < 4.78 is 0. The number of rotatable bonds is 4. The Kier molecular flexibility index (Phi) is 3.96. The molecule has 1 saturated carbocycles. The summed E-state index contributed by atoms with van der Waals surface area (Å²) in [4.78, 5) is 2.55. The summed E-state index contributed by atoms with van der Waals surface area (Å²) in [7, 11) is 0. The summed E-state index contributed by atoms with van der Waals surface area (Å²) in [5.41, 5.74) is 1.95.